The molecule has 0 spiro atoms. The Balaban J connectivity index is 1.73. The number of hydrogen-bond acceptors (Lipinski definition) is 4. The summed E-state index contributed by atoms with van der Waals surface area (Å²) in [5.41, 5.74) is 0.0719. The lowest BCUT2D eigenvalue weighted by atomic mass is 9.95. The van der Waals surface area contributed by atoms with Gasteiger partial charge in [0.25, 0.3) is 5.91 Å². The van der Waals surface area contributed by atoms with E-state index in [0.29, 0.717) is 31.7 Å². The molecule has 3 rings (SSSR count). The topological polar surface area (TPSA) is 63.0 Å². The molecular weight excluding hydrogens is 406 g/mol. The highest BCUT2D eigenvalue weighted by molar-refractivity contribution is 5.97. The zero-order chi connectivity index (χ0) is 22.5. The lowest BCUT2D eigenvalue weighted by molar-refractivity contribution is -0.139. The van der Waals surface area contributed by atoms with Crippen molar-refractivity contribution >= 4 is 11.8 Å². The molecule has 0 bridgehead atoms. The summed E-state index contributed by atoms with van der Waals surface area (Å²) >= 11 is 0. The monoisotopic (exact) mass is 434 g/mol. The third-order valence-corrected chi connectivity index (χ3v) is 5.42. The van der Waals surface area contributed by atoms with Crippen LogP contribution in [-0.4, -0.2) is 47.4 Å². The minimum absolute atomic E-state index is 0.0378. The molecule has 1 aliphatic rings. The van der Waals surface area contributed by atoms with E-state index in [-0.39, 0.29) is 35.7 Å². The van der Waals surface area contributed by atoms with E-state index in [4.69, 9.17) is 4.42 Å². The van der Waals surface area contributed by atoms with Crippen LogP contribution >= 0.6 is 0 Å². The van der Waals surface area contributed by atoms with E-state index >= 15 is 0 Å². The van der Waals surface area contributed by atoms with Crippen LogP contribution in [0.1, 0.15) is 48.6 Å². The Hall–Kier alpha value is -2.90. The Kier molecular flexibility index (Phi) is 7.30. The van der Waals surface area contributed by atoms with Gasteiger partial charge in [0, 0.05) is 19.1 Å². The van der Waals surface area contributed by atoms with E-state index in [0.717, 1.165) is 5.76 Å². The first kappa shape index (κ1) is 22.8. The van der Waals surface area contributed by atoms with Crippen LogP contribution in [0.15, 0.2) is 40.8 Å². The van der Waals surface area contributed by atoms with Gasteiger partial charge in [-0.3, -0.25) is 9.59 Å². The summed E-state index contributed by atoms with van der Waals surface area (Å²) in [5, 5.41) is 0. The standard InChI is InChI=1S/C23H28F2N2O4/c1-15(2)27(14-18-11-10-16(3)30-18)21(28)17-7-6-12-26(13-17)22(29)19-8-4-5-9-20(19)31-23(24)25/h4-5,8-11,15,17,23H,6-7,12-14H2,1-3H3. The van der Waals surface area contributed by atoms with E-state index in [2.05, 4.69) is 4.74 Å². The Morgan fingerprint density at radius 2 is 1.97 bits per heavy atom. The SMILES string of the molecule is Cc1ccc(CN(C(=O)C2CCCN(C(=O)c3ccccc3OC(F)F)C2)C(C)C)o1. The Bertz CT molecular complexity index is 912. The van der Waals surface area contributed by atoms with E-state index in [1.807, 2.05) is 32.9 Å². The van der Waals surface area contributed by atoms with E-state index in [1.165, 1.54) is 18.2 Å². The summed E-state index contributed by atoms with van der Waals surface area (Å²) in [4.78, 5) is 29.6. The van der Waals surface area contributed by atoms with Gasteiger partial charge in [-0.2, -0.15) is 8.78 Å². The normalized spacial score (nSPS) is 16.6. The van der Waals surface area contributed by atoms with Crippen molar-refractivity contribution in [1.82, 2.24) is 9.80 Å². The van der Waals surface area contributed by atoms with Crippen molar-refractivity contribution < 1.29 is 27.5 Å². The van der Waals surface area contributed by atoms with Crippen molar-refractivity contribution in [3.63, 3.8) is 0 Å². The van der Waals surface area contributed by atoms with Crippen LogP contribution in [0, 0.1) is 12.8 Å². The Labute approximate surface area is 180 Å². The van der Waals surface area contributed by atoms with Gasteiger partial charge >= 0.3 is 6.61 Å². The minimum atomic E-state index is -3.02. The van der Waals surface area contributed by atoms with Crippen molar-refractivity contribution in [2.45, 2.75) is 52.8 Å². The molecule has 1 aromatic carbocycles. The molecule has 1 atom stereocenters. The van der Waals surface area contributed by atoms with Gasteiger partial charge in [0.1, 0.15) is 17.3 Å². The third kappa shape index (κ3) is 5.62. The van der Waals surface area contributed by atoms with Gasteiger partial charge in [0.15, 0.2) is 0 Å². The van der Waals surface area contributed by atoms with Gasteiger partial charge in [0.05, 0.1) is 18.0 Å². The molecule has 1 fully saturated rings. The van der Waals surface area contributed by atoms with Gasteiger partial charge in [0.2, 0.25) is 5.91 Å². The smallest absolute Gasteiger partial charge is 0.387 e. The molecule has 2 amide bonds. The number of benzene rings is 1. The fourth-order valence-electron chi connectivity index (χ4n) is 3.86. The highest BCUT2D eigenvalue weighted by atomic mass is 19.3. The van der Waals surface area contributed by atoms with Crippen LogP contribution in [0.5, 0.6) is 5.75 Å². The lowest BCUT2D eigenvalue weighted by Gasteiger charge is -2.36. The molecule has 168 valence electrons. The zero-order valence-electron chi connectivity index (χ0n) is 18.0. The molecule has 0 saturated carbocycles. The quantitative estimate of drug-likeness (QED) is 0.645. The largest absolute Gasteiger partial charge is 0.464 e. The number of halogens is 2. The maximum Gasteiger partial charge on any atom is 0.387 e. The van der Waals surface area contributed by atoms with Crippen LogP contribution in [0.2, 0.25) is 0 Å². The van der Waals surface area contributed by atoms with E-state index < -0.39 is 12.5 Å². The number of nitrogens with zero attached hydrogens (tertiary/aromatic N) is 2. The average Bonchev–Trinajstić information content (AvgIpc) is 3.15. The molecule has 1 aliphatic heterocycles. The molecular formula is C23H28F2N2O4. The number of hydrogen-bond donors (Lipinski definition) is 0. The number of aryl methyl sites for hydroxylation is 1. The fraction of sp³-hybridized carbons (Fsp3) is 0.478. The number of furan rings is 1. The second kappa shape index (κ2) is 9.94. The Morgan fingerprint density at radius 3 is 2.61 bits per heavy atom. The number of alkyl halides is 2. The van der Waals surface area contributed by atoms with Crippen molar-refractivity contribution in [1.29, 1.82) is 0 Å². The zero-order valence-corrected chi connectivity index (χ0v) is 18.0. The van der Waals surface area contributed by atoms with Crippen LogP contribution < -0.4 is 4.74 Å². The number of carbonyl (C=O) groups excluding carboxylic acids is 2. The van der Waals surface area contributed by atoms with Crippen molar-refractivity contribution in [3.05, 3.63) is 53.5 Å². The predicted octanol–water partition coefficient (Wildman–Crippen LogP) is 4.48. The second-order valence-electron chi connectivity index (χ2n) is 8.04. The lowest BCUT2D eigenvalue weighted by Crippen LogP contribution is -2.48. The number of amides is 2. The van der Waals surface area contributed by atoms with Crippen LogP contribution in [-0.2, 0) is 11.3 Å². The third-order valence-electron chi connectivity index (χ3n) is 5.42. The van der Waals surface area contributed by atoms with Crippen LogP contribution in [0.4, 0.5) is 8.78 Å². The van der Waals surface area contributed by atoms with E-state index in [9.17, 15) is 18.4 Å². The van der Waals surface area contributed by atoms with Crippen LogP contribution in [0.3, 0.4) is 0 Å². The summed E-state index contributed by atoms with van der Waals surface area (Å²) in [6.45, 7) is 3.78. The summed E-state index contributed by atoms with van der Waals surface area (Å²) < 4.78 is 35.6. The first-order valence-corrected chi connectivity index (χ1v) is 10.4. The number of likely N-dealkylation sites (tertiary alicyclic amines) is 1. The van der Waals surface area contributed by atoms with Crippen molar-refractivity contribution in [3.8, 4) is 5.75 Å². The predicted molar refractivity (Wildman–Crippen MR) is 111 cm³/mol. The van der Waals surface area contributed by atoms with Gasteiger partial charge in [-0.05, 0) is 57.9 Å². The summed E-state index contributed by atoms with van der Waals surface area (Å²) in [5.74, 6) is 0.518. The number of piperidine rings is 1. The van der Waals surface area contributed by atoms with Gasteiger partial charge < -0.3 is 19.0 Å². The Morgan fingerprint density at radius 1 is 1.23 bits per heavy atom. The molecule has 31 heavy (non-hydrogen) atoms. The summed E-state index contributed by atoms with van der Waals surface area (Å²) in [6.07, 6.45) is 1.32. The molecule has 0 radical (unpaired) electrons. The second-order valence-corrected chi connectivity index (χ2v) is 8.04. The maximum atomic E-state index is 13.3. The number of para-hydroxylation sites is 1. The highest BCUT2D eigenvalue weighted by Gasteiger charge is 2.33. The van der Waals surface area contributed by atoms with Crippen molar-refractivity contribution in [2.75, 3.05) is 13.1 Å². The molecule has 0 N–H and O–H groups in total. The van der Waals surface area contributed by atoms with E-state index in [1.54, 1.807) is 15.9 Å². The molecule has 0 aliphatic carbocycles. The first-order valence-electron chi connectivity index (χ1n) is 10.4. The van der Waals surface area contributed by atoms with Gasteiger partial charge in [-0.25, -0.2) is 0 Å². The maximum absolute atomic E-state index is 13.3. The molecule has 1 aromatic heterocycles. The molecule has 1 saturated heterocycles. The molecule has 2 heterocycles. The molecule has 2 aromatic rings. The number of carbonyl (C=O) groups is 2. The van der Waals surface area contributed by atoms with Gasteiger partial charge in [-0.1, -0.05) is 12.1 Å². The summed E-state index contributed by atoms with van der Waals surface area (Å²) in [7, 11) is 0. The minimum Gasteiger partial charge on any atom is -0.464 e. The fourth-order valence-corrected chi connectivity index (χ4v) is 3.86. The van der Waals surface area contributed by atoms with Gasteiger partial charge in [-0.15, -0.1) is 0 Å². The first-order chi connectivity index (χ1) is 14.8. The average molecular weight is 434 g/mol. The summed E-state index contributed by atoms with van der Waals surface area (Å²) in [6, 6.07) is 9.62. The molecule has 8 heteroatoms. The van der Waals surface area contributed by atoms with Crippen LogP contribution in [0.25, 0.3) is 0 Å². The van der Waals surface area contributed by atoms with Crippen molar-refractivity contribution in [2.24, 2.45) is 5.92 Å². The molecule has 6 nitrogen and oxygen atoms in total. The molecule has 1 unspecified atom stereocenters. The number of ether oxygens (including phenoxy) is 1. The number of rotatable bonds is 7. The highest BCUT2D eigenvalue weighted by Crippen LogP contribution is 2.26.